The third-order valence-corrected chi connectivity index (χ3v) is 2.47. The Kier molecular flexibility index (Phi) is 4.76. The highest BCUT2D eigenvalue weighted by Gasteiger charge is 2.05. The van der Waals surface area contributed by atoms with Gasteiger partial charge in [-0.15, -0.1) is 0 Å². The third kappa shape index (κ3) is 2.89. The maximum atomic E-state index is 5.47. The van der Waals surface area contributed by atoms with Crippen LogP contribution in [0.15, 0.2) is 22.7 Å². The second kappa shape index (κ2) is 5.88. The van der Waals surface area contributed by atoms with Gasteiger partial charge in [-0.2, -0.15) is 0 Å². The highest BCUT2D eigenvalue weighted by molar-refractivity contribution is 9.10. The first kappa shape index (κ1) is 11.3. The van der Waals surface area contributed by atoms with Crippen molar-refractivity contribution in [3.63, 3.8) is 0 Å². The van der Waals surface area contributed by atoms with Crippen LogP contribution in [0.5, 0.6) is 11.5 Å². The van der Waals surface area contributed by atoms with Gasteiger partial charge in [0.25, 0.3) is 0 Å². The largest absolute Gasteiger partial charge is 0.495 e. The van der Waals surface area contributed by atoms with Gasteiger partial charge >= 0.3 is 0 Å². The summed E-state index contributed by atoms with van der Waals surface area (Å²) in [6, 6.07) is 5.63. The molecule has 0 saturated heterocycles. The van der Waals surface area contributed by atoms with Crippen LogP contribution in [-0.2, 0) is 4.74 Å². The first-order chi connectivity index (χ1) is 6.79. The lowest BCUT2D eigenvalue weighted by atomic mass is 10.3. The van der Waals surface area contributed by atoms with Crippen molar-refractivity contribution >= 4 is 15.9 Å². The van der Waals surface area contributed by atoms with E-state index in [1.807, 2.05) is 18.2 Å². The molecule has 0 fully saturated rings. The molecule has 0 aliphatic carbocycles. The number of ether oxygens (including phenoxy) is 3. The van der Waals surface area contributed by atoms with Crippen molar-refractivity contribution in [3.05, 3.63) is 22.7 Å². The van der Waals surface area contributed by atoms with Crippen LogP contribution in [0.2, 0.25) is 0 Å². The maximum absolute atomic E-state index is 5.47. The summed E-state index contributed by atoms with van der Waals surface area (Å²) in [4.78, 5) is 0. The van der Waals surface area contributed by atoms with Crippen molar-refractivity contribution in [2.75, 3.05) is 27.4 Å². The Morgan fingerprint density at radius 2 is 1.86 bits per heavy atom. The highest BCUT2D eigenvalue weighted by atomic mass is 79.9. The number of benzene rings is 1. The van der Waals surface area contributed by atoms with Gasteiger partial charge in [0.1, 0.15) is 22.6 Å². The van der Waals surface area contributed by atoms with Gasteiger partial charge in [-0.1, -0.05) is 6.07 Å². The van der Waals surface area contributed by atoms with Gasteiger partial charge < -0.3 is 14.2 Å². The van der Waals surface area contributed by atoms with Gasteiger partial charge in [0.2, 0.25) is 0 Å². The normalized spacial score (nSPS) is 9.93. The van der Waals surface area contributed by atoms with Crippen LogP contribution in [0.3, 0.4) is 0 Å². The lowest BCUT2D eigenvalue weighted by Gasteiger charge is -2.10. The molecular weight excluding hydrogens is 248 g/mol. The molecule has 0 aliphatic rings. The van der Waals surface area contributed by atoms with E-state index in [1.54, 1.807) is 14.2 Å². The van der Waals surface area contributed by atoms with Gasteiger partial charge in [0.15, 0.2) is 0 Å². The molecule has 1 aromatic rings. The fraction of sp³-hybridized carbons (Fsp3) is 0.400. The van der Waals surface area contributed by atoms with E-state index in [0.717, 1.165) is 16.0 Å². The molecule has 0 amide bonds. The summed E-state index contributed by atoms with van der Waals surface area (Å²) in [6.45, 7) is 1.10. The van der Waals surface area contributed by atoms with Crippen LogP contribution in [0, 0.1) is 0 Å². The van der Waals surface area contributed by atoms with Gasteiger partial charge in [-0.05, 0) is 28.1 Å². The number of halogens is 1. The summed E-state index contributed by atoms with van der Waals surface area (Å²) in [5.74, 6) is 1.53. The minimum absolute atomic E-state index is 0.530. The van der Waals surface area contributed by atoms with Crippen LogP contribution in [0.1, 0.15) is 0 Å². The van der Waals surface area contributed by atoms with E-state index in [4.69, 9.17) is 14.2 Å². The van der Waals surface area contributed by atoms with Crippen LogP contribution in [-0.4, -0.2) is 27.4 Å². The molecule has 0 spiro atoms. The monoisotopic (exact) mass is 260 g/mol. The molecular formula is C10H13BrO3. The molecule has 0 bridgehead atoms. The molecule has 0 radical (unpaired) electrons. The first-order valence-electron chi connectivity index (χ1n) is 4.24. The Morgan fingerprint density at radius 1 is 1.14 bits per heavy atom. The Labute approximate surface area is 92.1 Å². The molecule has 14 heavy (non-hydrogen) atoms. The second-order valence-corrected chi connectivity index (χ2v) is 3.41. The summed E-state index contributed by atoms with van der Waals surface area (Å²) >= 11 is 3.40. The van der Waals surface area contributed by atoms with Crippen molar-refractivity contribution in [2.24, 2.45) is 0 Å². The summed E-state index contributed by atoms with van der Waals surface area (Å²) in [5, 5.41) is 0. The van der Waals surface area contributed by atoms with Gasteiger partial charge in [-0.3, -0.25) is 0 Å². The second-order valence-electron chi connectivity index (χ2n) is 2.61. The molecule has 0 unspecified atom stereocenters. The quantitative estimate of drug-likeness (QED) is 0.762. The molecule has 0 atom stereocenters. The van der Waals surface area contributed by atoms with E-state index in [9.17, 15) is 0 Å². The predicted molar refractivity (Wildman–Crippen MR) is 58.1 cm³/mol. The Balaban J connectivity index is 2.66. The molecule has 3 nitrogen and oxygen atoms in total. The zero-order valence-corrected chi connectivity index (χ0v) is 9.83. The zero-order valence-electron chi connectivity index (χ0n) is 8.25. The molecule has 1 rings (SSSR count). The van der Waals surface area contributed by atoms with Crippen molar-refractivity contribution in [1.82, 2.24) is 0 Å². The summed E-state index contributed by atoms with van der Waals surface area (Å²) in [7, 11) is 3.27. The van der Waals surface area contributed by atoms with E-state index < -0.39 is 0 Å². The van der Waals surface area contributed by atoms with Crippen LogP contribution < -0.4 is 9.47 Å². The number of rotatable bonds is 5. The highest BCUT2D eigenvalue weighted by Crippen LogP contribution is 2.33. The summed E-state index contributed by atoms with van der Waals surface area (Å²) in [6.07, 6.45) is 0. The first-order valence-corrected chi connectivity index (χ1v) is 5.03. The molecule has 4 heteroatoms. The molecule has 0 aliphatic heterocycles. The van der Waals surface area contributed by atoms with Crippen molar-refractivity contribution in [3.8, 4) is 11.5 Å². The number of hydrogen-bond donors (Lipinski definition) is 0. The van der Waals surface area contributed by atoms with Crippen LogP contribution in [0.4, 0.5) is 0 Å². The molecule has 1 aromatic carbocycles. The van der Waals surface area contributed by atoms with Crippen LogP contribution in [0.25, 0.3) is 0 Å². The minimum Gasteiger partial charge on any atom is -0.495 e. The molecule has 0 heterocycles. The average Bonchev–Trinajstić information content (AvgIpc) is 2.21. The van der Waals surface area contributed by atoms with E-state index in [2.05, 4.69) is 15.9 Å². The summed E-state index contributed by atoms with van der Waals surface area (Å²) in [5.41, 5.74) is 0. The predicted octanol–water partition coefficient (Wildman–Crippen LogP) is 2.48. The Morgan fingerprint density at radius 3 is 2.50 bits per heavy atom. The molecule has 0 N–H and O–H groups in total. The van der Waals surface area contributed by atoms with Gasteiger partial charge in [0, 0.05) is 7.11 Å². The van der Waals surface area contributed by atoms with Crippen LogP contribution >= 0.6 is 15.9 Å². The molecule has 78 valence electrons. The van der Waals surface area contributed by atoms with E-state index in [1.165, 1.54) is 0 Å². The third-order valence-electron chi connectivity index (χ3n) is 1.69. The fourth-order valence-electron chi connectivity index (χ4n) is 0.995. The van der Waals surface area contributed by atoms with Gasteiger partial charge in [-0.25, -0.2) is 0 Å². The van der Waals surface area contributed by atoms with Crippen molar-refractivity contribution in [2.45, 2.75) is 0 Å². The number of hydrogen-bond acceptors (Lipinski definition) is 3. The van der Waals surface area contributed by atoms with E-state index >= 15 is 0 Å². The van der Waals surface area contributed by atoms with Crippen molar-refractivity contribution < 1.29 is 14.2 Å². The number of methoxy groups -OCH3 is 2. The Hall–Kier alpha value is -0.740. The van der Waals surface area contributed by atoms with E-state index in [-0.39, 0.29) is 0 Å². The Bertz CT molecular complexity index is 289. The SMILES string of the molecule is COCCOc1cccc(OC)c1Br. The summed E-state index contributed by atoms with van der Waals surface area (Å²) < 4.78 is 16.3. The maximum Gasteiger partial charge on any atom is 0.137 e. The smallest absolute Gasteiger partial charge is 0.137 e. The standard InChI is InChI=1S/C10H13BrO3/c1-12-6-7-14-9-5-3-4-8(13-2)10(9)11/h3-5H,6-7H2,1-2H3. The minimum atomic E-state index is 0.530. The van der Waals surface area contributed by atoms with E-state index in [0.29, 0.717) is 13.2 Å². The zero-order chi connectivity index (χ0) is 10.4. The molecule has 0 saturated carbocycles. The molecule has 0 aromatic heterocycles. The topological polar surface area (TPSA) is 27.7 Å². The van der Waals surface area contributed by atoms with Crippen molar-refractivity contribution in [1.29, 1.82) is 0 Å². The van der Waals surface area contributed by atoms with Gasteiger partial charge in [0.05, 0.1) is 13.7 Å². The lowest BCUT2D eigenvalue weighted by Crippen LogP contribution is -2.04. The average molecular weight is 261 g/mol. The fourth-order valence-corrected chi connectivity index (χ4v) is 1.54. The lowest BCUT2D eigenvalue weighted by molar-refractivity contribution is 0.145.